The Morgan fingerprint density at radius 1 is 1.24 bits per heavy atom. The summed E-state index contributed by atoms with van der Waals surface area (Å²) >= 11 is 0. The quantitative estimate of drug-likeness (QED) is 0.661. The molecule has 8 nitrogen and oxygen atoms in total. The summed E-state index contributed by atoms with van der Waals surface area (Å²) in [6, 6.07) is 6.13. The zero-order valence-electron chi connectivity index (χ0n) is 16.9. The first-order valence-corrected chi connectivity index (χ1v) is 10.4. The summed E-state index contributed by atoms with van der Waals surface area (Å²) in [5.74, 6) is 5.11. The zero-order valence-corrected chi connectivity index (χ0v) is 16.9. The molecule has 1 saturated carbocycles. The molecule has 5 rings (SSSR count). The second-order valence-electron chi connectivity index (χ2n) is 8.22. The van der Waals surface area contributed by atoms with Gasteiger partial charge in [-0.1, -0.05) is 6.92 Å². The number of aromatic nitrogens is 4. The van der Waals surface area contributed by atoms with Gasteiger partial charge in [-0.15, -0.1) is 0 Å². The molecule has 1 saturated heterocycles. The van der Waals surface area contributed by atoms with Crippen molar-refractivity contribution in [3.05, 3.63) is 41.7 Å². The van der Waals surface area contributed by atoms with Gasteiger partial charge >= 0.3 is 0 Å². The van der Waals surface area contributed by atoms with Crippen molar-refractivity contribution in [3.8, 4) is 0 Å². The molecule has 2 aliphatic rings. The van der Waals surface area contributed by atoms with Crippen LogP contribution in [0.25, 0.3) is 5.78 Å². The highest BCUT2D eigenvalue weighted by Gasteiger charge is 2.36. The fourth-order valence-electron chi connectivity index (χ4n) is 4.16. The maximum atomic E-state index is 12.7. The largest absolute Gasteiger partial charge is 0.466 e. The Morgan fingerprint density at radius 2 is 2.03 bits per heavy atom. The number of nitrogens with zero attached hydrogens (tertiary/aromatic N) is 6. The summed E-state index contributed by atoms with van der Waals surface area (Å²) in [7, 11) is 0. The lowest BCUT2D eigenvalue weighted by Gasteiger charge is -2.36. The average Bonchev–Trinajstić information content (AvgIpc) is 3.12. The molecule has 3 aromatic heterocycles. The third kappa shape index (κ3) is 3.59. The molecule has 1 aliphatic carbocycles. The summed E-state index contributed by atoms with van der Waals surface area (Å²) in [6.45, 7) is 7.17. The Morgan fingerprint density at radius 3 is 2.79 bits per heavy atom. The van der Waals surface area contributed by atoms with E-state index >= 15 is 0 Å². The SMILES string of the molecule is Cc1cc(N2CCN(C(=O)CCc3ccc(C4CC4C)o3)CC2)n2ncnc2n1. The van der Waals surface area contributed by atoms with Crippen molar-refractivity contribution in [1.29, 1.82) is 0 Å². The molecule has 0 bridgehead atoms. The number of anilines is 1. The van der Waals surface area contributed by atoms with E-state index < -0.39 is 0 Å². The first-order chi connectivity index (χ1) is 14.1. The van der Waals surface area contributed by atoms with Gasteiger partial charge in [0.25, 0.3) is 5.78 Å². The summed E-state index contributed by atoms with van der Waals surface area (Å²) in [6.07, 6.45) is 3.90. The first-order valence-electron chi connectivity index (χ1n) is 10.4. The Hall–Kier alpha value is -2.90. The van der Waals surface area contributed by atoms with Crippen molar-refractivity contribution in [3.63, 3.8) is 0 Å². The predicted molar refractivity (Wildman–Crippen MR) is 108 cm³/mol. The van der Waals surface area contributed by atoms with E-state index in [0.29, 0.717) is 37.6 Å². The number of hydrogen-bond donors (Lipinski definition) is 0. The van der Waals surface area contributed by atoms with E-state index in [4.69, 9.17) is 4.42 Å². The standard InChI is InChI=1S/C21H26N6O2/c1-14-11-17(14)18-5-3-16(29-18)4-6-20(28)26-9-7-25(8-10-26)19-12-15(2)24-21-22-13-23-27(19)21/h3,5,12-14,17H,4,6-11H2,1-2H3. The lowest BCUT2D eigenvalue weighted by molar-refractivity contribution is -0.131. The predicted octanol–water partition coefficient (Wildman–Crippen LogP) is 2.43. The van der Waals surface area contributed by atoms with Crippen LogP contribution >= 0.6 is 0 Å². The molecule has 2 atom stereocenters. The van der Waals surface area contributed by atoms with Crippen LogP contribution in [0.15, 0.2) is 28.9 Å². The van der Waals surface area contributed by atoms with Crippen LogP contribution in [-0.2, 0) is 11.2 Å². The fraction of sp³-hybridized carbons (Fsp3) is 0.524. The van der Waals surface area contributed by atoms with E-state index in [0.717, 1.165) is 42.0 Å². The van der Waals surface area contributed by atoms with E-state index in [2.05, 4.69) is 33.0 Å². The molecule has 0 radical (unpaired) electrons. The van der Waals surface area contributed by atoms with Gasteiger partial charge in [0.05, 0.1) is 0 Å². The second kappa shape index (κ2) is 7.17. The van der Waals surface area contributed by atoms with E-state index in [1.165, 1.54) is 12.7 Å². The number of carbonyl (C=O) groups excluding carboxylic acids is 1. The minimum Gasteiger partial charge on any atom is -0.466 e. The van der Waals surface area contributed by atoms with Gasteiger partial charge < -0.3 is 14.2 Å². The van der Waals surface area contributed by atoms with Crippen molar-refractivity contribution in [2.75, 3.05) is 31.1 Å². The van der Waals surface area contributed by atoms with E-state index in [1.54, 1.807) is 4.52 Å². The highest BCUT2D eigenvalue weighted by atomic mass is 16.3. The minimum absolute atomic E-state index is 0.194. The monoisotopic (exact) mass is 394 g/mol. The molecule has 1 amide bonds. The average molecular weight is 394 g/mol. The highest BCUT2D eigenvalue weighted by molar-refractivity contribution is 5.76. The number of hydrogen-bond acceptors (Lipinski definition) is 6. The van der Waals surface area contributed by atoms with Crippen LogP contribution in [0.5, 0.6) is 0 Å². The van der Waals surface area contributed by atoms with Crippen LogP contribution in [0, 0.1) is 12.8 Å². The molecule has 8 heteroatoms. The van der Waals surface area contributed by atoms with Crippen LogP contribution in [0.4, 0.5) is 5.82 Å². The van der Waals surface area contributed by atoms with Gasteiger partial charge in [-0.25, -0.2) is 4.98 Å². The van der Waals surface area contributed by atoms with Crippen molar-refractivity contribution in [2.24, 2.45) is 5.92 Å². The Balaban J connectivity index is 1.16. The molecular weight excluding hydrogens is 368 g/mol. The number of fused-ring (bicyclic) bond motifs is 1. The maximum Gasteiger partial charge on any atom is 0.254 e. The number of aryl methyl sites for hydroxylation is 2. The summed E-state index contributed by atoms with van der Waals surface area (Å²) in [4.78, 5) is 25.5. The van der Waals surface area contributed by atoms with Gasteiger partial charge in [0.15, 0.2) is 0 Å². The number of piperazine rings is 1. The van der Waals surface area contributed by atoms with Gasteiger partial charge in [-0.05, 0) is 31.4 Å². The van der Waals surface area contributed by atoms with Gasteiger partial charge in [-0.3, -0.25) is 4.79 Å². The Kier molecular flexibility index (Phi) is 4.49. The van der Waals surface area contributed by atoms with Crippen molar-refractivity contribution >= 4 is 17.5 Å². The molecule has 152 valence electrons. The highest BCUT2D eigenvalue weighted by Crippen LogP contribution is 2.47. The van der Waals surface area contributed by atoms with E-state index in [1.807, 2.05) is 24.0 Å². The van der Waals surface area contributed by atoms with Gasteiger partial charge in [0.1, 0.15) is 23.7 Å². The fourth-order valence-corrected chi connectivity index (χ4v) is 4.16. The summed E-state index contributed by atoms with van der Waals surface area (Å²) < 4.78 is 7.70. The van der Waals surface area contributed by atoms with E-state index in [9.17, 15) is 4.79 Å². The molecule has 0 aromatic carbocycles. The number of amides is 1. The molecule has 4 heterocycles. The molecule has 0 N–H and O–H groups in total. The molecule has 1 aliphatic heterocycles. The smallest absolute Gasteiger partial charge is 0.254 e. The van der Waals surface area contributed by atoms with Crippen molar-refractivity contribution < 1.29 is 9.21 Å². The Bertz CT molecular complexity index is 1030. The molecule has 2 fully saturated rings. The van der Waals surface area contributed by atoms with Gasteiger partial charge in [0.2, 0.25) is 5.91 Å². The molecular formula is C21H26N6O2. The molecule has 0 spiro atoms. The Labute approximate surface area is 169 Å². The third-order valence-electron chi connectivity index (χ3n) is 6.06. The summed E-state index contributed by atoms with van der Waals surface area (Å²) in [5.41, 5.74) is 0.914. The minimum atomic E-state index is 0.194. The van der Waals surface area contributed by atoms with Crippen LogP contribution in [0.1, 0.15) is 42.9 Å². The number of rotatable bonds is 5. The van der Waals surface area contributed by atoms with E-state index in [-0.39, 0.29) is 5.91 Å². The number of carbonyl (C=O) groups is 1. The third-order valence-corrected chi connectivity index (χ3v) is 6.06. The van der Waals surface area contributed by atoms with Gasteiger partial charge in [0, 0.05) is 56.7 Å². The normalized spacial score (nSPS) is 21.7. The van der Waals surface area contributed by atoms with Crippen LogP contribution < -0.4 is 4.90 Å². The first kappa shape index (κ1) is 18.1. The number of furan rings is 1. The second-order valence-corrected chi connectivity index (χ2v) is 8.22. The topological polar surface area (TPSA) is 79.8 Å². The lowest BCUT2D eigenvalue weighted by atomic mass is 10.2. The molecule has 29 heavy (non-hydrogen) atoms. The van der Waals surface area contributed by atoms with Crippen LogP contribution in [0.3, 0.4) is 0 Å². The molecule has 3 aromatic rings. The van der Waals surface area contributed by atoms with Gasteiger partial charge in [-0.2, -0.15) is 14.6 Å². The van der Waals surface area contributed by atoms with Crippen molar-refractivity contribution in [1.82, 2.24) is 24.5 Å². The zero-order chi connectivity index (χ0) is 20.0. The van der Waals surface area contributed by atoms with Crippen molar-refractivity contribution in [2.45, 2.75) is 39.0 Å². The lowest BCUT2D eigenvalue weighted by Crippen LogP contribution is -2.49. The molecule has 2 unspecified atom stereocenters. The summed E-state index contributed by atoms with van der Waals surface area (Å²) in [5, 5.41) is 4.29. The maximum absolute atomic E-state index is 12.7. The van der Waals surface area contributed by atoms with Crippen LogP contribution in [-0.4, -0.2) is 56.6 Å². The van der Waals surface area contributed by atoms with Crippen LogP contribution in [0.2, 0.25) is 0 Å².